The molecule has 21 heavy (non-hydrogen) atoms. The summed E-state index contributed by atoms with van der Waals surface area (Å²) in [6.07, 6.45) is 1.16. The van der Waals surface area contributed by atoms with E-state index in [1.54, 1.807) is 45.2 Å². The van der Waals surface area contributed by atoms with Crippen LogP contribution in [-0.2, 0) is 14.6 Å². The van der Waals surface area contributed by atoms with Crippen LogP contribution in [0.15, 0.2) is 28.8 Å². The molecular formula is C14H18N2O4S. The van der Waals surface area contributed by atoms with Gasteiger partial charge in [-0.2, -0.15) is 0 Å². The van der Waals surface area contributed by atoms with Crippen molar-refractivity contribution in [2.75, 3.05) is 19.1 Å². The van der Waals surface area contributed by atoms with Crippen molar-refractivity contribution in [2.45, 2.75) is 18.6 Å². The topological polar surface area (TPSA) is 95.4 Å². The zero-order chi connectivity index (χ0) is 15.8. The van der Waals surface area contributed by atoms with Gasteiger partial charge in [0, 0.05) is 6.26 Å². The van der Waals surface area contributed by atoms with Crippen LogP contribution in [0.25, 0.3) is 11.1 Å². The fourth-order valence-corrected chi connectivity index (χ4v) is 2.44. The molecule has 2 aromatic rings. The van der Waals surface area contributed by atoms with E-state index in [1.165, 1.54) is 0 Å². The summed E-state index contributed by atoms with van der Waals surface area (Å²) in [6, 6.07) is 7.13. The quantitative estimate of drug-likeness (QED) is 0.930. The molecule has 0 aliphatic carbocycles. The molecule has 1 aromatic heterocycles. The number of ether oxygens (including phenoxy) is 1. The minimum Gasteiger partial charge on any atom is -0.497 e. The molecule has 0 fully saturated rings. The van der Waals surface area contributed by atoms with Crippen molar-refractivity contribution < 1.29 is 17.7 Å². The van der Waals surface area contributed by atoms with Crippen LogP contribution in [0.5, 0.6) is 5.75 Å². The number of nitrogen functional groups attached to an aromatic ring is 1. The molecule has 7 heteroatoms. The highest BCUT2D eigenvalue weighted by Gasteiger charge is 2.39. The van der Waals surface area contributed by atoms with E-state index in [4.69, 9.17) is 15.0 Å². The predicted molar refractivity (Wildman–Crippen MR) is 80.8 cm³/mol. The van der Waals surface area contributed by atoms with Crippen molar-refractivity contribution in [1.82, 2.24) is 5.16 Å². The molecule has 0 saturated carbocycles. The van der Waals surface area contributed by atoms with Crippen molar-refractivity contribution in [3.63, 3.8) is 0 Å². The first kappa shape index (κ1) is 15.4. The molecule has 6 nitrogen and oxygen atoms in total. The van der Waals surface area contributed by atoms with Crippen LogP contribution in [0.4, 0.5) is 5.88 Å². The van der Waals surface area contributed by atoms with Crippen LogP contribution in [0.2, 0.25) is 0 Å². The van der Waals surface area contributed by atoms with Crippen molar-refractivity contribution in [2.24, 2.45) is 0 Å². The molecule has 0 atom stereocenters. The van der Waals surface area contributed by atoms with E-state index in [0.29, 0.717) is 16.9 Å². The van der Waals surface area contributed by atoms with E-state index < -0.39 is 14.6 Å². The normalized spacial score (nSPS) is 12.4. The average molecular weight is 310 g/mol. The maximum atomic E-state index is 12.0. The molecule has 0 spiro atoms. The van der Waals surface area contributed by atoms with Crippen LogP contribution >= 0.6 is 0 Å². The first-order chi connectivity index (χ1) is 9.68. The minimum absolute atomic E-state index is 0.0787. The third kappa shape index (κ3) is 2.61. The van der Waals surface area contributed by atoms with Gasteiger partial charge in [0.05, 0.1) is 12.7 Å². The lowest BCUT2D eigenvalue weighted by molar-refractivity contribution is 0.415. The third-order valence-corrected chi connectivity index (χ3v) is 5.62. The third-order valence-electron chi connectivity index (χ3n) is 3.57. The van der Waals surface area contributed by atoms with Crippen LogP contribution in [0, 0.1) is 0 Å². The van der Waals surface area contributed by atoms with Gasteiger partial charge in [0.15, 0.2) is 9.84 Å². The number of methoxy groups -OCH3 is 1. The highest BCUT2D eigenvalue weighted by Crippen LogP contribution is 2.40. The second-order valence-electron chi connectivity index (χ2n) is 5.28. The fraction of sp³-hybridized carbons (Fsp3) is 0.357. The number of hydrogen-bond acceptors (Lipinski definition) is 6. The Bertz CT molecular complexity index is 763. The summed E-state index contributed by atoms with van der Waals surface area (Å²) in [7, 11) is -1.84. The van der Waals surface area contributed by atoms with Gasteiger partial charge in [-0.05, 0) is 31.5 Å². The molecule has 0 bridgehead atoms. The van der Waals surface area contributed by atoms with E-state index in [-0.39, 0.29) is 11.6 Å². The van der Waals surface area contributed by atoms with Gasteiger partial charge < -0.3 is 15.0 Å². The average Bonchev–Trinajstić information content (AvgIpc) is 2.80. The predicted octanol–water partition coefficient (Wildman–Crippen LogP) is 2.21. The lowest BCUT2D eigenvalue weighted by Gasteiger charge is -2.21. The van der Waals surface area contributed by atoms with Gasteiger partial charge in [-0.3, -0.25) is 0 Å². The molecule has 0 unspecified atom stereocenters. The standard InChI is InChI=1S/C14H18N2O4S/c1-14(2,21(4,17)18)12-11(13(15)20-16-12)9-6-5-7-10(8-9)19-3/h5-8H,15H2,1-4H3. The zero-order valence-electron chi connectivity index (χ0n) is 12.4. The Labute approximate surface area is 123 Å². The van der Waals surface area contributed by atoms with Gasteiger partial charge in [-0.1, -0.05) is 17.3 Å². The van der Waals surface area contributed by atoms with Gasteiger partial charge in [-0.15, -0.1) is 0 Å². The molecule has 0 amide bonds. The highest BCUT2D eigenvalue weighted by atomic mass is 32.2. The molecule has 0 radical (unpaired) electrons. The van der Waals surface area contributed by atoms with Gasteiger partial charge >= 0.3 is 0 Å². The number of nitrogens with two attached hydrogens (primary N) is 1. The Kier molecular flexibility index (Phi) is 3.71. The first-order valence-corrected chi connectivity index (χ1v) is 8.17. The minimum atomic E-state index is -3.40. The second kappa shape index (κ2) is 5.07. The summed E-state index contributed by atoms with van der Waals surface area (Å²) >= 11 is 0. The van der Waals surface area contributed by atoms with Crippen molar-refractivity contribution in [3.05, 3.63) is 30.0 Å². The van der Waals surface area contributed by atoms with Crippen LogP contribution in [0.1, 0.15) is 19.5 Å². The fourth-order valence-electron chi connectivity index (χ4n) is 1.95. The van der Waals surface area contributed by atoms with E-state index in [9.17, 15) is 8.42 Å². The van der Waals surface area contributed by atoms with Crippen LogP contribution in [0.3, 0.4) is 0 Å². The smallest absolute Gasteiger partial charge is 0.230 e. The monoisotopic (exact) mass is 310 g/mol. The molecule has 0 aliphatic rings. The molecular weight excluding hydrogens is 292 g/mol. The molecule has 2 rings (SSSR count). The largest absolute Gasteiger partial charge is 0.497 e. The number of hydrogen-bond donors (Lipinski definition) is 1. The molecule has 0 saturated heterocycles. The Morgan fingerprint density at radius 2 is 2.00 bits per heavy atom. The molecule has 114 valence electrons. The van der Waals surface area contributed by atoms with Gasteiger partial charge in [-0.25, -0.2) is 8.42 Å². The highest BCUT2D eigenvalue weighted by molar-refractivity contribution is 7.91. The summed E-state index contributed by atoms with van der Waals surface area (Å²) < 4.78 is 33.0. The van der Waals surface area contributed by atoms with Crippen molar-refractivity contribution in [3.8, 4) is 16.9 Å². The summed E-state index contributed by atoms with van der Waals surface area (Å²) in [6.45, 7) is 3.15. The van der Waals surface area contributed by atoms with Crippen LogP contribution < -0.4 is 10.5 Å². The maximum Gasteiger partial charge on any atom is 0.230 e. The summed E-state index contributed by atoms with van der Waals surface area (Å²) in [4.78, 5) is 0. The molecule has 2 N–H and O–H groups in total. The van der Waals surface area contributed by atoms with E-state index >= 15 is 0 Å². The SMILES string of the molecule is COc1cccc(-c2c(C(C)(C)S(C)(=O)=O)noc2N)c1. The van der Waals surface area contributed by atoms with Crippen LogP contribution in [-0.4, -0.2) is 26.9 Å². The molecule has 1 heterocycles. The number of anilines is 1. The van der Waals surface area contributed by atoms with E-state index in [2.05, 4.69) is 5.16 Å². The summed E-state index contributed by atoms with van der Waals surface area (Å²) in [5, 5.41) is 3.87. The van der Waals surface area contributed by atoms with Gasteiger partial charge in [0.25, 0.3) is 0 Å². The Morgan fingerprint density at radius 1 is 1.33 bits per heavy atom. The number of sulfone groups is 1. The zero-order valence-corrected chi connectivity index (χ0v) is 13.2. The van der Waals surface area contributed by atoms with Gasteiger partial charge in [0.2, 0.25) is 5.88 Å². The lowest BCUT2D eigenvalue weighted by atomic mass is 9.98. The maximum absolute atomic E-state index is 12.0. The van der Waals surface area contributed by atoms with E-state index in [1.807, 2.05) is 0 Å². The Balaban J connectivity index is 2.69. The Hall–Kier alpha value is -2.02. The molecule has 1 aromatic carbocycles. The first-order valence-electron chi connectivity index (χ1n) is 6.28. The summed E-state index contributed by atoms with van der Waals surface area (Å²) in [5.74, 6) is 0.714. The number of rotatable bonds is 4. The number of aromatic nitrogens is 1. The summed E-state index contributed by atoms with van der Waals surface area (Å²) in [5.41, 5.74) is 7.30. The van der Waals surface area contributed by atoms with Crippen molar-refractivity contribution in [1.29, 1.82) is 0 Å². The number of benzene rings is 1. The van der Waals surface area contributed by atoms with E-state index in [0.717, 1.165) is 6.26 Å². The van der Waals surface area contributed by atoms with Crippen molar-refractivity contribution >= 4 is 15.7 Å². The second-order valence-corrected chi connectivity index (χ2v) is 7.85. The lowest BCUT2D eigenvalue weighted by Crippen LogP contribution is -2.29. The van der Waals surface area contributed by atoms with Gasteiger partial charge in [0.1, 0.15) is 16.2 Å². The Morgan fingerprint density at radius 3 is 2.57 bits per heavy atom. The molecule has 0 aliphatic heterocycles. The number of nitrogens with zero attached hydrogens (tertiary/aromatic N) is 1.